The van der Waals surface area contributed by atoms with Gasteiger partial charge in [-0.05, 0) is 25.8 Å². The third kappa shape index (κ3) is 7.53. The molecule has 0 aliphatic carbocycles. The standard InChI is InChI=1S/C9H19NO/c1-2-6-9(11)7-4-3-5-8-10/h2-8,10H2,1H3. The van der Waals surface area contributed by atoms with Crippen molar-refractivity contribution in [2.45, 2.75) is 45.4 Å². The van der Waals surface area contributed by atoms with Crippen molar-refractivity contribution in [3.05, 3.63) is 0 Å². The van der Waals surface area contributed by atoms with Gasteiger partial charge in [0.1, 0.15) is 5.78 Å². The van der Waals surface area contributed by atoms with E-state index in [2.05, 4.69) is 0 Å². The van der Waals surface area contributed by atoms with Gasteiger partial charge in [-0.1, -0.05) is 13.3 Å². The van der Waals surface area contributed by atoms with E-state index in [1.807, 2.05) is 6.92 Å². The van der Waals surface area contributed by atoms with Crippen molar-refractivity contribution in [2.24, 2.45) is 5.73 Å². The Morgan fingerprint density at radius 1 is 1.18 bits per heavy atom. The van der Waals surface area contributed by atoms with E-state index in [0.717, 1.165) is 45.1 Å². The molecule has 11 heavy (non-hydrogen) atoms. The molecule has 0 spiro atoms. The first kappa shape index (κ1) is 10.6. The van der Waals surface area contributed by atoms with E-state index in [-0.39, 0.29) is 0 Å². The van der Waals surface area contributed by atoms with Gasteiger partial charge in [0.2, 0.25) is 0 Å². The van der Waals surface area contributed by atoms with Crippen LogP contribution in [0.5, 0.6) is 0 Å². The molecule has 0 aromatic heterocycles. The largest absolute Gasteiger partial charge is 0.330 e. The van der Waals surface area contributed by atoms with Crippen LogP contribution in [0.1, 0.15) is 45.4 Å². The van der Waals surface area contributed by atoms with E-state index in [4.69, 9.17) is 5.73 Å². The molecule has 0 heterocycles. The Morgan fingerprint density at radius 3 is 2.45 bits per heavy atom. The molecular weight excluding hydrogens is 138 g/mol. The Kier molecular flexibility index (Phi) is 7.47. The van der Waals surface area contributed by atoms with Gasteiger partial charge < -0.3 is 5.73 Å². The van der Waals surface area contributed by atoms with E-state index in [9.17, 15) is 4.79 Å². The number of hydrogen-bond donors (Lipinski definition) is 1. The molecule has 0 rings (SSSR count). The van der Waals surface area contributed by atoms with Gasteiger partial charge in [0.15, 0.2) is 0 Å². The van der Waals surface area contributed by atoms with Crippen LogP contribution in [0.25, 0.3) is 0 Å². The molecule has 0 saturated heterocycles. The van der Waals surface area contributed by atoms with Gasteiger partial charge in [0.05, 0.1) is 0 Å². The van der Waals surface area contributed by atoms with Crippen molar-refractivity contribution >= 4 is 5.78 Å². The molecule has 0 atom stereocenters. The average molecular weight is 157 g/mol. The quantitative estimate of drug-likeness (QED) is 0.573. The summed E-state index contributed by atoms with van der Waals surface area (Å²) in [5, 5.41) is 0. The minimum atomic E-state index is 0.407. The molecule has 0 aliphatic heterocycles. The van der Waals surface area contributed by atoms with E-state index in [1.165, 1.54) is 0 Å². The lowest BCUT2D eigenvalue weighted by Gasteiger charge is -1.97. The number of unbranched alkanes of at least 4 members (excludes halogenated alkanes) is 2. The number of ketones is 1. The molecule has 0 aliphatic rings. The highest BCUT2D eigenvalue weighted by atomic mass is 16.1. The summed E-state index contributed by atoms with van der Waals surface area (Å²) in [7, 11) is 0. The van der Waals surface area contributed by atoms with Crippen molar-refractivity contribution in [1.29, 1.82) is 0 Å². The molecule has 2 nitrogen and oxygen atoms in total. The number of hydrogen-bond acceptors (Lipinski definition) is 2. The smallest absolute Gasteiger partial charge is 0.132 e. The summed E-state index contributed by atoms with van der Waals surface area (Å²) >= 11 is 0. The summed E-state index contributed by atoms with van der Waals surface area (Å²) < 4.78 is 0. The Hall–Kier alpha value is -0.370. The van der Waals surface area contributed by atoms with Crippen molar-refractivity contribution in [2.75, 3.05) is 6.54 Å². The maximum atomic E-state index is 11.0. The predicted molar refractivity (Wildman–Crippen MR) is 47.4 cm³/mol. The Labute approximate surface area is 69.2 Å². The monoisotopic (exact) mass is 157 g/mol. The first-order chi connectivity index (χ1) is 5.31. The summed E-state index contributed by atoms with van der Waals surface area (Å²) in [6.07, 6.45) is 5.67. The predicted octanol–water partition coefficient (Wildman–Crippen LogP) is 1.87. The van der Waals surface area contributed by atoms with E-state index >= 15 is 0 Å². The third-order valence-electron chi connectivity index (χ3n) is 1.69. The van der Waals surface area contributed by atoms with Gasteiger partial charge in [0.25, 0.3) is 0 Å². The maximum Gasteiger partial charge on any atom is 0.132 e. The molecule has 0 saturated carbocycles. The van der Waals surface area contributed by atoms with Crippen molar-refractivity contribution in [3.8, 4) is 0 Å². The Morgan fingerprint density at radius 2 is 1.91 bits per heavy atom. The summed E-state index contributed by atoms with van der Waals surface area (Å²) in [5.41, 5.74) is 5.32. The summed E-state index contributed by atoms with van der Waals surface area (Å²) in [4.78, 5) is 11.0. The highest BCUT2D eigenvalue weighted by Crippen LogP contribution is 2.02. The number of carbonyl (C=O) groups excluding carboxylic acids is 1. The fourth-order valence-electron chi connectivity index (χ4n) is 1.05. The van der Waals surface area contributed by atoms with Crippen LogP contribution < -0.4 is 5.73 Å². The Bertz CT molecular complexity index is 102. The summed E-state index contributed by atoms with van der Waals surface area (Å²) in [6.45, 7) is 2.79. The van der Waals surface area contributed by atoms with Gasteiger partial charge in [-0.2, -0.15) is 0 Å². The topological polar surface area (TPSA) is 43.1 Å². The van der Waals surface area contributed by atoms with Crippen molar-refractivity contribution in [3.63, 3.8) is 0 Å². The van der Waals surface area contributed by atoms with Crippen LogP contribution in [-0.2, 0) is 4.79 Å². The molecule has 0 aromatic carbocycles. The lowest BCUT2D eigenvalue weighted by atomic mass is 10.1. The molecule has 2 heteroatoms. The molecule has 0 fully saturated rings. The van der Waals surface area contributed by atoms with Gasteiger partial charge >= 0.3 is 0 Å². The molecule has 66 valence electrons. The highest BCUT2D eigenvalue weighted by molar-refractivity contribution is 5.78. The van der Waals surface area contributed by atoms with Crippen LogP contribution in [0.3, 0.4) is 0 Å². The van der Waals surface area contributed by atoms with Crippen molar-refractivity contribution < 1.29 is 4.79 Å². The molecule has 0 aromatic rings. The van der Waals surface area contributed by atoms with Gasteiger partial charge in [-0.15, -0.1) is 0 Å². The zero-order valence-electron chi connectivity index (χ0n) is 7.44. The van der Waals surface area contributed by atoms with Crippen LogP contribution in [0, 0.1) is 0 Å². The minimum Gasteiger partial charge on any atom is -0.330 e. The second kappa shape index (κ2) is 7.73. The van der Waals surface area contributed by atoms with Gasteiger partial charge in [0, 0.05) is 12.8 Å². The lowest BCUT2D eigenvalue weighted by molar-refractivity contribution is -0.119. The van der Waals surface area contributed by atoms with Crippen molar-refractivity contribution in [1.82, 2.24) is 0 Å². The number of rotatable bonds is 7. The first-order valence-electron chi connectivity index (χ1n) is 4.53. The van der Waals surface area contributed by atoms with Gasteiger partial charge in [-0.25, -0.2) is 0 Å². The van der Waals surface area contributed by atoms with E-state index in [1.54, 1.807) is 0 Å². The third-order valence-corrected chi connectivity index (χ3v) is 1.69. The second-order valence-corrected chi connectivity index (χ2v) is 2.89. The zero-order chi connectivity index (χ0) is 8.53. The van der Waals surface area contributed by atoms with Crippen LogP contribution in [0.4, 0.5) is 0 Å². The van der Waals surface area contributed by atoms with E-state index in [0.29, 0.717) is 5.78 Å². The fraction of sp³-hybridized carbons (Fsp3) is 0.889. The molecule has 0 radical (unpaired) electrons. The fourth-order valence-corrected chi connectivity index (χ4v) is 1.05. The molecule has 2 N–H and O–H groups in total. The van der Waals surface area contributed by atoms with Crippen LogP contribution in [0.2, 0.25) is 0 Å². The lowest BCUT2D eigenvalue weighted by Crippen LogP contribution is -2.00. The van der Waals surface area contributed by atoms with Crippen LogP contribution >= 0.6 is 0 Å². The summed E-state index contributed by atoms with van der Waals surface area (Å²) in [6, 6.07) is 0. The van der Waals surface area contributed by atoms with Crippen LogP contribution in [-0.4, -0.2) is 12.3 Å². The van der Waals surface area contributed by atoms with Gasteiger partial charge in [-0.3, -0.25) is 4.79 Å². The number of Topliss-reactive ketones (excluding diaryl/α,β-unsaturated/α-hetero) is 1. The minimum absolute atomic E-state index is 0.407. The molecular formula is C9H19NO. The average Bonchev–Trinajstić information content (AvgIpc) is 1.99. The number of nitrogens with two attached hydrogens (primary N) is 1. The normalized spacial score (nSPS) is 10.0. The zero-order valence-corrected chi connectivity index (χ0v) is 7.44. The SMILES string of the molecule is CCCC(=O)CCCCCN. The number of carbonyl (C=O) groups is 1. The van der Waals surface area contributed by atoms with E-state index < -0.39 is 0 Å². The second-order valence-electron chi connectivity index (χ2n) is 2.89. The molecule has 0 unspecified atom stereocenters. The molecule has 0 amide bonds. The highest BCUT2D eigenvalue weighted by Gasteiger charge is 1.98. The Balaban J connectivity index is 3.04. The maximum absolute atomic E-state index is 11.0. The molecule has 0 bridgehead atoms. The van der Waals surface area contributed by atoms with Crippen LogP contribution in [0.15, 0.2) is 0 Å². The summed E-state index contributed by atoms with van der Waals surface area (Å²) in [5.74, 6) is 0.407. The first-order valence-corrected chi connectivity index (χ1v) is 4.53.